The van der Waals surface area contributed by atoms with E-state index in [1.54, 1.807) is 77.2 Å². The average molecular weight is 481 g/mol. The smallest absolute Gasteiger partial charge is 0.413 e. The van der Waals surface area contributed by atoms with Crippen molar-refractivity contribution in [3.05, 3.63) is 76.7 Å². The fourth-order valence-corrected chi connectivity index (χ4v) is 3.67. The number of hydrogen-bond acceptors (Lipinski definition) is 7. The van der Waals surface area contributed by atoms with Crippen molar-refractivity contribution in [1.82, 2.24) is 9.97 Å². The van der Waals surface area contributed by atoms with Gasteiger partial charge in [0.15, 0.2) is 0 Å². The first kappa shape index (κ1) is 25.0. The van der Waals surface area contributed by atoms with Gasteiger partial charge in [0.25, 0.3) is 5.91 Å². The van der Waals surface area contributed by atoms with Gasteiger partial charge in [0, 0.05) is 18.1 Å². The molecule has 8 nitrogen and oxygen atoms in total. The summed E-state index contributed by atoms with van der Waals surface area (Å²) in [7, 11) is 0. The molecule has 1 unspecified atom stereocenters. The summed E-state index contributed by atoms with van der Waals surface area (Å²) in [6.45, 7) is 8.85. The van der Waals surface area contributed by atoms with E-state index >= 15 is 0 Å². The number of hydrogen-bond donors (Lipinski definition) is 4. The first-order chi connectivity index (χ1) is 15.9. The molecule has 0 radical (unpaired) electrons. The molecule has 2 aromatic heterocycles. The number of pyridine rings is 2. The number of carbonyl (C=O) groups excluding carboxylic acids is 2. The Hall–Kier alpha value is -3.59. The van der Waals surface area contributed by atoms with Crippen LogP contribution in [-0.4, -0.2) is 32.7 Å². The predicted octanol–water partition coefficient (Wildman–Crippen LogP) is 5.42. The normalized spacial score (nSPS) is 12.1. The number of aromatic nitrogens is 2. The summed E-state index contributed by atoms with van der Waals surface area (Å²) in [6.07, 6.45) is 2.51. The number of nitrogens with zero attached hydrogens (tertiary/aromatic N) is 2. The molecule has 34 heavy (non-hydrogen) atoms. The van der Waals surface area contributed by atoms with E-state index < -0.39 is 16.9 Å². The van der Waals surface area contributed by atoms with Gasteiger partial charge in [0.2, 0.25) is 0 Å². The molecule has 0 bridgehead atoms. The van der Waals surface area contributed by atoms with Crippen LogP contribution in [0.2, 0.25) is 0 Å². The van der Waals surface area contributed by atoms with Gasteiger partial charge in [-0.1, -0.05) is 0 Å². The molecule has 3 N–H and O–H groups in total. The van der Waals surface area contributed by atoms with Crippen molar-refractivity contribution in [2.45, 2.75) is 45.5 Å². The second-order valence-corrected chi connectivity index (χ2v) is 9.37. The number of carbonyl (C=O) groups is 2. The highest BCUT2D eigenvalue weighted by atomic mass is 32.1. The Bertz CT molecular complexity index is 1200. The van der Waals surface area contributed by atoms with Crippen LogP contribution < -0.4 is 10.6 Å². The van der Waals surface area contributed by atoms with Crippen LogP contribution in [0.1, 0.15) is 58.8 Å². The van der Waals surface area contributed by atoms with Gasteiger partial charge in [0.1, 0.15) is 17.2 Å². The molecular formula is C25H28N4O4S. The number of amides is 2. The zero-order valence-corrected chi connectivity index (χ0v) is 20.6. The Labute approximate surface area is 204 Å². The largest absolute Gasteiger partial charge is 0.507 e. The molecule has 0 fully saturated rings. The van der Waals surface area contributed by atoms with Crippen LogP contribution in [0.25, 0.3) is 0 Å². The van der Waals surface area contributed by atoms with Gasteiger partial charge in [-0.05, 0) is 87.7 Å². The third kappa shape index (κ3) is 6.26. The summed E-state index contributed by atoms with van der Waals surface area (Å²) >= 11 is 4.71. The van der Waals surface area contributed by atoms with E-state index in [1.165, 1.54) is 6.20 Å². The third-order valence-corrected chi connectivity index (χ3v) is 5.36. The van der Waals surface area contributed by atoms with Gasteiger partial charge in [-0.15, -0.1) is 0 Å². The molecule has 3 aromatic rings. The van der Waals surface area contributed by atoms with Gasteiger partial charge < -0.3 is 15.2 Å². The number of benzene rings is 1. The van der Waals surface area contributed by atoms with E-state index in [4.69, 9.17) is 17.4 Å². The molecule has 2 amide bonds. The number of thiol groups is 1. The van der Waals surface area contributed by atoms with Crippen molar-refractivity contribution in [3.63, 3.8) is 0 Å². The topological polar surface area (TPSA) is 113 Å². The molecular weight excluding hydrogens is 452 g/mol. The lowest BCUT2D eigenvalue weighted by Crippen LogP contribution is -2.27. The fraction of sp³-hybridized carbons (Fsp3) is 0.280. The first-order valence-electron chi connectivity index (χ1n) is 10.6. The third-order valence-electron chi connectivity index (χ3n) is 4.82. The van der Waals surface area contributed by atoms with E-state index in [-0.39, 0.29) is 11.7 Å². The Morgan fingerprint density at radius 3 is 2.35 bits per heavy atom. The van der Waals surface area contributed by atoms with E-state index in [2.05, 4.69) is 20.6 Å². The molecule has 0 saturated heterocycles. The van der Waals surface area contributed by atoms with Crippen LogP contribution in [0.15, 0.2) is 48.8 Å². The quantitative estimate of drug-likeness (QED) is 0.287. The number of anilines is 2. The molecule has 1 aromatic carbocycles. The molecule has 9 heteroatoms. The maximum Gasteiger partial charge on any atom is 0.413 e. The number of aromatic hydroxyl groups is 1. The van der Waals surface area contributed by atoms with Crippen molar-refractivity contribution in [3.8, 4) is 5.75 Å². The zero-order valence-electron chi connectivity index (χ0n) is 19.7. The average Bonchev–Trinajstić information content (AvgIpc) is 2.75. The highest BCUT2D eigenvalue weighted by molar-refractivity contribution is 7.80. The molecule has 0 aliphatic heterocycles. The molecule has 3 rings (SSSR count). The lowest BCUT2D eigenvalue weighted by atomic mass is 10.0. The number of phenols is 1. The molecule has 0 spiro atoms. The Morgan fingerprint density at radius 1 is 1.03 bits per heavy atom. The molecule has 2 heterocycles. The minimum absolute atomic E-state index is 0.198. The standard InChI is InChI=1S/C25H28N4O4S/c1-14-11-17(12-15(2)21(14)30)28-23(31)18-7-6-9-27-20(18)22(34)16-8-10-26-19(13-16)29-24(32)33-25(3,4)5/h6-13,22,30,34H,1-5H3,(H,28,31)(H,26,29,32). The number of phenolic OH excluding ortho intramolecular Hbond substituents is 1. The summed E-state index contributed by atoms with van der Waals surface area (Å²) in [6, 6.07) is 10.1. The van der Waals surface area contributed by atoms with Crippen LogP contribution in [0.5, 0.6) is 5.75 Å². The second-order valence-electron chi connectivity index (χ2n) is 8.85. The zero-order chi connectivity index (χ0) is 25.0. The second kappa shape index (κ2) is 10.1. The molecule has 178 valence electrons. The number of aryl methyl sites for hydroxylation is 2. The van der Waals surface area contributed by atoms with Gasteiger partial charge in [-0.2, -0.15) is 12.6 Å². The summed E-state index contributed by atoms with van der Waals surface area (Å²) in [5.74, 6) is 0.138. The summed E-state index contributed by atoms with van der Waals surface area (Å²) in [5, 5.41) is 14.9. The van der Waals surface area contributed by atoms with Crippen molar-refractivity contribution in [2.24, 2.45) is 0 Å². The molecule has 0 aliphatic rings. The van der Waals surface area contributed by atoms with Crippen molar-refractivity contribution in [2.75, 3.05) is 10.6 Å². The van der Waals surface area contributed by atoms with Gasteiger partial charge in [-0.25, -0.2) is 9.78 Å². The van der Waals surface area contributed by atoms with E-state index in [0.717, 1.165) is 0 Å². The van der Waals surface area contributed by atoms with Gasteiger partial charge in [0.05, 0.1) is 16.5 Å². The van der Waals surface area contributed by atoms with E-state index in [9.17, 15) is 14.7 Å². The maximum atomic E-state index is 13.1. The first-order valence-corrected chi connectivity index (χ1v) is 11.2. The summed E-state index contributed by atoms with van der Waals surface area (Å²) < 4.78 is 5.27. The van der Waals surface area contributed by atoms with Crippen molar-refractivity contribution >= 4 is 36.1 Å². The Kier molecular flexibility index (Phi) is 7.46. The van der Waals surface area contributed by atoms with Gasteiger partial charge in [-0.3, -0.25) is 15.1 Å². The van der Waals surface area contributed by atoms with Crippen LogP contribution in [0, 0.1) is 13.8 Å². The van der Waals surface area contributed by atoms with Crippen molar-refractivity contribution < 1.29 is 19.4 Å². The minimum atomic E-state index is -0.640. The molecule has 0 saturated carbocycles. The number of rotatable bonds is 5. The predicted molar refractivity (Wildman–Crippen MR) is 135 cm³/mol. The van der Waals surface area contributed by atoms with Crippen molar-refractivity contribution in [1.29, 1.82) is 0 Å². The SMILES string of the molecule is Cc1cc(NC(=O)c2cccnc2C(S)c2ccnc(NC(=O)OC(C)(C)C)c2)cc(C)c1O. The minimum Gasteiger partial charge on any atom is -0.507 e. The summed E-state index contributed by atoms with van der Waals surface area (Å²) in [5.41, 5.74) is 2.74. The fourth-order valence-electron chi connectivity index (χ4n) is 3.31. The summed E-state index contributed by atoms with van der Waals surface area (Å²) in [4.78, 5) is 33.7. The lowest BCUT2D eigenvalue weighted by Gasteiger charge is -2.20. The van der Waals surface area contributed by atoms with Crippen LogP contribution in [-0.2, 0) is 4.74 Å². The van der Waals surface area contributed by atoms with Gasteiger partial charge >= 0.3 is 6.09 Å². The van der Waals surface area contributed by atoms with E-state index in [1.807, 2.05) is 0 Å². The number of nitrogens with one attached hydrogen (secondary N) is 2. The molecule has 0 aliphatic carbocycles. The van der Waals surface area contributed by atoms with Crippen LogP contribution >= 0.6 is 12.6 Å². The van der Waals surface area contributed by atoms with Crippen LogP contribution in [0.4, 0.5) is 16.3 Å². The van der Waals surface area contributed by atoms with E-state index in [0.29, 0.717) is 39.5 Å². The monoisotopic (exact) mass is 480 g/mol. The molecule has 1 atom stereocenters. The Balaban J connectivity index is 1.84. The highest BCUT2D eigenvalue weighted by Gasteiger charge is 2.21. The maximum absolute atomic E-state index is 13.1. The highest BCUT2D eigenvalue weighted by Crippen LogP contribution is 2.31. The number of ether oxygens (including phenoxy) is 1. The lowest BCUT2D eigenvalue weighted by molar-refractivity contribution is 0.0635. The van der Waals surface area contributed by atoms with Crippen LogP contribution in [0.3, 0.4) is 0 Å². The Morgan fingerprint density at radius 2 is 1.71 bits per heavy atom.